The third-order valence-corrected chi connectivity index (χ3v) is 5.10. The smallest absolute Gasteiger partial charge is 0.338 e. The van der Waals surface area contributed by atoms with Crippen LogP contribution in [0.15, 0.2) is 48.5 Å². The first-order valence-corrected chi connectivity index (χ1v) is 10.3. The molecule has 0 aromatic heterocycles. The van der Waals surface area contributed by atoms with Crippen LogP contribution in [0.25, 0.3) is 0 Å². The highest BCUT2D eigenvalue weighted by Crippen LogP contribution is 2.22. The van der Waals surface area contributed by atoms with Crippen molar-refractivity contribution in [3.8, 4) is 0 Å². The Labute approximate surface area is 181 Å². The van der Waals surface area contributed by atoms with Crippen LogP contribution < -0.4 is 10.2 Å². The van der Waals surface area contributed by atoms with E-state index in [1.165, 1.54) is 6.92 Å². The van der Waals surface area contributed by atoms with Crippen molar-refractivity contribution in [2.45, 2.75) is 39.7 Å². The molecule has 0 spiro atoms. The lowest BCUT2D eigenvalue weighted by atomic mass is 10.1. The van der Waals surface area contributed by atoms with Gasteiger partial charge in [0.15, 0.2) is 6.10 Å². The van der Waals surface area contributed by atoms with E-state index < -0.39 is 12.1 Å². The van der Waals surface area contributed by atoms with Crippen LogP contribution in [0.3, 0.4) is 0 Å². The second-order valence-corrected chi connectivity index (χ2v) is 7.83. The number of amides is 2. The van der Waals surface area contributed by atoms with Crippen molar-refractivity contribution >= 4 is 34.9 Å². The Morgan fingerprint density at radius 1 is 0.935 bits per heavy atom. The summed E-state index contributed by atoms with van der Waals surface area (Å²) in [5.41, 5.74) is 2.02. The van der Waals surface area contributed by atoms with Gasteiger partial charge in [-0.05, 0) is 61.9 Å². The molecule has 1 aliphatic rings. The molecular weight excluding hydrogens is 396 g/mol. The predicted molar refractivity (Wildman–Crippen MR) is 117 cm³/mol. The van der Waals surface area contributed by atoms with E-state index >= 15 is 0 Å². The fourth-order valence-corrected chi connectivity index (χ4v) is 3.22. The van der Waals surface area contributed by atoms with Gasteiger partial charge in [-0.2, -0.15) is 0 Å². The molecule has 1 unspecified atom stereocenters. The number of ketones is 1. The van der Waals surface area contributed by atoms with Gasteiger partial charge in [0.25, 0.3) is 0 Å². The Kier molecular flexibility index (Phi) is 6.84. The highest BCUT2D eigenvalue weighted by atomic mass is 16.5. The van der Waals surface area contributed by atoms with E-state index in [-0.39, 0.29) is 23.5 Å². The van der Waals surface area contributed by atoms with Crippen LogP contribution in [0.1, 0.15) is 54.3 Å². The second kappa shape index (κ2) is 9.55. The molecule has 1 saturated heterocycles. The Morgan fingerprint density at radius 3 is 2.10 bits per heavy atom. The van der Waals surface area contributed by atoms with E-state index in [9.17, 15) is 19.2 Å². The van der Waals surface area contributed by atoms with Crippen molar-refractivity contribution in [2.75, 3.05) is 16.8 Å². The first-order valence-electron chi connectivity index (χ1n) is 10.3. The molecule has 1 heterocycles. The highest BCUT2D eigenvalue weighted by molar-refractivity contribution is 6.02. The first kappa shape index (κ1) is 22.2. The molecule has 0 radical (unpaired) electrons. The van der Waals surface area contributed by atoms with Gasteiger partial charge in [-0.3, -0.25) is 14.4 Å². The molecule has 0 bridgehead atoms. The number of Topliss-reactive ketones (excluding diaryl/α,β-unsaturated/α-hetero) is 1. The molecule has 7 nitrogen and oxygen atoms in total. The summed E-state index contributed by atoms with van der Waals surface area (Å²) in [4.78, 5) is 50.3. The summed E-state index contributed by atoms with van der Waals surface area (Å²) >= 11 is 0. The van der Waals surface area contributed by atoms with Crippen molar-refractivity contribution in [1.29, 1.82) is 0 Å². The zero-order valence-electron chi connectivity index (χ0n) is 17.9. The quantitative estimate of drug-likeness (QED) is 0.541. The van der Waals surface area contributed by atoms with Gasteiger partial charge in [-0.15, -0.1) is 0 Å². The van der Waals surface area contributed by atoms with Crippen LogP contribution in [0.2, 0.25) is 0 Å². The van der Waals surface area contributed by atoms with E-state index in [4.69, 9.17) is 4.74 Å². The van der Waals surface area contributed by atoms with Crippen LogP contribution in [-0.2, 0) is 14.3 Å². The lowest BCUT2D eigenvalue weighted by Gasteiger charge is -2.16. The maximum absolute atomic E-state index is 12.6. The standard InChI is InChI=1S/C24H26N2O5/c1-15(2)23(29)25-19-10-6-17(7-11-19)22(28)16(3)31-24(30)18-8-12-20(13-9-18)26-14-4-5-21(26)27/h6-13,15-16H,4-5,14H2,1-3H3,(H,25,29). The van der Waals surface area contributed by atoms with Crippen molar-refractivity contribution in [1.82, 2.24) is 0 Å². The SMILES string of the molecule is CC(C)C(=O)Nc1ccc(C(=O)C(C)OC(=O)c2ccc(N3CCCC3=O)cc2)cc1. The maximum atomic E-state index is 12.6. The molecule has 1 N–H and O–H groups in total. The molecule has 1 aliphatic heterocycles. The van der Waals surface area contributed by atoms with Gasteiger partial charge in [0.05, 0.1) is 5.56 Å². The molecule has 1 atom stereocenters. The number of nitrogens with zero attached hydrogens (tertiary/aromatic N) is 1. The van der Waals surface area contributed by atoms with Gasteiger partial charge in [0, 0.05) is 35.8 Å². The Hall–Kier alpha value is -3.48. The van der Waals surface area contributed by atoms with Crippen molar-refractivity contribution < 1.29 is 23.9 Å². The van der Waals surface area contributed by atoms with Crippen LogP contribution in [0, 0.1) is 5.92 Å². The Balaban J connectivity index is 1.59. The first-order chi connectivity index (χ1) is 14.8. The zero-order chi connectivity index (χ0) is 22.5. The number of ether oxygens (including phenoxy) is 1. The summed E-state index contributed by atoms with van der Waals surface area (Å²) in [5.74, 6) is -1.13. The topological polar surface area (TPSA) is 92.8 Å². The number of anilines is 2. The van der Waals surface area contributed by atoms with Gasteiger partial charge < -0.3 is 15.0 Å². The maximum Gasteiger partial charge on any atom is 0.338 e. The van der Waals surface area contributed by atoms with E-state index in [1.54, 1.807) is 67.3 Å². The van der Waals surface area contributed by atoms with Crippen molar-refractivity contribution in [3.63, 3.8) is 0 Å². The molecule has 2 aromatic carbocycles. The summed E-state index contributed by atoms with van der Waals surface area (Å²) in [6.07, 6.45) is 0.394. The third kappa shape index (κ3) is 5.36. The number of hydrogen-bond donors (Lipinski definition) is 1. The molecule has 162 valence electrons. The van der Waals surface area contributed by atoms with Gasteiger partial charge in [0.1, 0.15) is 0 Å². The summed E-state index contributed by atoms with van der Waals surface area (Å²) in [6.45, 7) is 5.78. The number of nitrogens with one attached hydrogen (secondary N) is 1. The molecule has 3 rings (SSSR count). The highest BCUT2D eigenvalue weighted by Gasteiger charge is 2.23. The minimum Gasteiger partial charge on any atom is -0.451 e. The number of rotatable bonds is 7. The predicted octanol–water partition coefficient (Wildman–Crippen LogP) is 3.84. The molecule has 2 amide bonds. The summed E-state index contributed by atoms with van der Waals surface area (Å²) < 4.78 is 5.33. The number of benzene rings is 2. The monoisotopic (exact) mass is 422 g/mol. The third-order valence-electron chi connectivity index (χ3n) is 5.10. The summed E-state index contributed by atoms with van der Waals surface area (Å²) in [5, 5.41) is 2.76. The molecule has 0 aliphatic carbocycles. The lowest BCUT2D eigenvalue weighted by Crippen LogP contribution is -2.25. The number of esters is 1. The molecule has 1 fully saturated rings. The average Bonchev–Trinajstić information content (AvgIpc) is 3.19. The normalized spacial score (nSPS) is 14.5. The fraction of sp³-hybridized carbons (Fsp3) is 0.333. The fourth-order valence-electron chi connectivity index (χ4n) is 3.22. The van der Waals surface area contributed by atoms with Crippen LogP contribution in [0.5, 0.6) is 0 Å². The molecule has 0 saturated carbocycles. The van der Waals surface area contributed by atoms with E-state index in [0.29, 0.717) is 29.8 Å². The molecular formula is C24H26N2O5. The van der Waals surface area contributed by atoms with E-state index in [1.807, 2.05) is 0 Å². The number of carbonyl (C=O) groups excluding carboxylic acids is 4. The van der Waals surface area contributed by atoms with Gasteiger partial charge in [0.2, 0.25) is 17.6 Å². The van der Waals surface area contributed by atoms with Gasteiger partial charge in [-0.1, -0.05) is 13.8 Å². The van der Waals surface area contributed by atoms with Crippen molar-refractivity contribution in [2.24, 2.45) is 5.92 Å². The van der Waals surface area contributed by atoms with E-state index in [2.05, 4.69) is 5.32 Å². The molecule has 7 heteroatoms. The van der Waals surface area contributed by atoms with Crippen LogP contribution in [0.4, 0.5) is 11.4 Å². The summed E-state index contributed by atoms with van der Waals surface area (Å²) in [6, 6.07) is 13.0. The summed E-state index contributed by atoms with van der Waals surface area (Å²) in [7, 11) is 0. The largest absolute Gasteiger partial charge is 0.451 e. The molecule has 31 heavy (non-hydrogen) atoms. The van der Waals surface area contributed by atoms with Gasteiger partial charge >= 0.3 is 5.97 Å². The second-order valence-electron chi connectivity index (χ2n) is 7.83. The van der Waals surface area contributed by atoms with Crippen molar-refractivity contribution in [3.05, 3.63) is 59.7 Å². The van der Waals surface area contributed by atoms with Crippen LogP contribution >= 0.6 is 0 Å². The van der Waals surface area contributed by atoms with Crippen LogP contribution in [-0.4, -0.2) is 36.2 Å². The zero-order valence-corrected chi connectivity index (χ0v) is 17.9. The minimum absolute atomic E-state index is 0.0735. The Bertz CT molecular complexity index is 980. The minimum atomic E-state index is -0.969. The Morgan fingerprint density at radius 2 is 1.55 bits per heavy atom. The van der Waals surface area contributed by atoms with E-state index in [0.717, 1.165) is 12.1 Å². The van der Waals surface area contributed by atoms with Gasteiger partial charge in [-0.25, -0.2) is 4.79 Å². The molecule has 2 aromatic rings. The average molecular weight is 422 g/mol. The number of hydrogen-bond acceptors (Lipinski definition) is 5. The number of carbonyl (C=O) groups is 4. The lowest BCUT2D eigenvalue weighted by molar-refractivity contribution is -0.119.